The topological polar surface area (TPSA) is 163 Å². The van der Waals surface area contributed by atoms with Crippen LogP contribution < -0.4 is 28.4 Å². The summed E-state index contributed by atoms with van der Waals surface area (Å²) in [6.45, 7) is 18.3. The number of carbonyl (C=O) groups excluding carboxylic acids is 1. The molecule has 65 heavy (non-hydrogen) atoms. The van der Waals surface area contributed by atoms with E-state index in [1.54, 1.807) is 81.0 Å². The van der Waals surface area contributed by atoms with Gasteiger partial charge >= 0.3 is 0 Å². The molecule has 1 unspecified atom stereocenters. The molecule has 0 radical (unpaired) electrons. The Morgan fingerprint density at radius 1 is 0.754 bits per heavy atom. The van der Waals surface area contributed by atoms with Gasteiger partial charge in [-0.15, -0.1) is 0 Å². The third-order valence-electron chi connectivity index (χ3n) is 12.3. The van der Waals surface area contributed by atoms with Crippen molar-refractivity contribution >= 4 is 58.9 Å². The molecule has 5 heterocycles. The van der Waals surface area contributed by atoms with Gasteiger partial charge in [0.05, 0.1) is 75.6 Å². The van der Waals surface area contributed by atoms with Gasteiger partial charge in [-0.2, -0.15) is 0 Å². The molecule has 1 aliphatic rings. The predicted octanol–water partition coefficient (Wildman–Crippen LogP) is 10.9. The van der Waals surface area contributed by atoms with Crippen LogP contribution >= 0.6 is 22.6 Å². The number of hydrogen-bond donors (Lipinski definition) is 1. The van der Waals surface area contributed by atoms with Gasteiger partial charge in [0.25, 0.3) is 0 Å². The molecule has 350 valence electrons. The Hall–Kier alpha value is -4.98. The fourth-order valence-electron chi connectivity index (χ4n) is 9.40. The van der Waals surface area contributed by atoms with Gasteiger partial charge in [-0.05, 0) is 96.6 Å². The lowest BCUT2D eigenvalue weighted by Gasteiger charge is -2.44. The molecule has 0 amide bonds. The highest BCUT2D eigenvalue weighted by Crippen LogP contribution is 2.46. The molecular formula is C48H63IN6O9Si. The van der Waals surface area contributed by atoms with Crippen LogP contribution in [0.1, 0.15) is 85.0 Å². The van der Waals surface area contributed by atoms with Crippen LogP contribution in [-0.2, 0) is 9.47 Å². The quantitative estimate of drug-likeness (QED) is 0.0554. The van der Waals surface area contributed by atoms with Crippen LogP contribution in [0.2, 0.25) is 16.6 Å². The van der Waals surface area contributed by atoms with Crippen LogP contribution in [-0.4, -0.2) is 104 Å². The van der Waals surface area contributed by atoms with E-state index >= 15 is 0 Å². The van der Waals surface area contributed by atoms with Gasteiger partial charge in [0, 0.05) is 30.1 Å². The molecule has 1 N–H and O–H groups in total. The van der Waals surface area contributed by atoms with Gasteiger partial charge in [0.2, 0.25) is 11.5 Å². The predicted molar refractivity (Wildman–Crippen MR) is 264 cm³/mol. The summed E-state index contributed by atoms with van der Waals surface area (Å²) in [4.78, 5) is 35.7. The first-order valence-electron chi connectivity index (χ1n) is 21.8. The number of fused-ring (bicyclic) bond motifs is 2. The van der Waals surface area contributed by atoms with Crippen molar-refractivity contribution in [3.8, 4) is 57.0 Å². The molecular weight excluding hydrogens is 960 g/mol. The average Bonchev–Trinajstić information content (AvgIpc) is 3.87. The molecule has 6 aromatic rings. The van der Waals surface area contributed by atoms with E-state index in [0.29, 0.717) is 85.7 Å². The Labute approximate surface area is 396 Å². The van der Waals surface area contributed by atoms with E-state index in [0.717, 1.165) is 45.3 Å². The Morgan fingerprint density at radius 2 is 1.25 bits per heavy atom. The van der Waals surface area contributed by atoms with Crippen molar-refractivity contribution in [3.05, 3.63) is 58.2 Å². The lowest BCUT2D eigenvalue weighted by molar-refractivity contribution is -0.200. The maximum atomic E-state index is 13.4. The van der Waals surface area contributed by atoms with E-state index in [9.17, 15) is 4.79 Å². The smallest absolute Gasteiger partial charge is 0.203 e. The highest BCUT2D eigenvalue weighted by molar-refractivity contribution is 14.1. The number of H-pyrrole nitrogens is 1. The molecule has 17 heteroatoms. The first kappa shape index (κ1) is 49.5. The van der Waals surface area contributed by atoms with Crippen LogP contribution in [0.15, 0.2) is 49.1 Å². The number of nitrogens with zero attached hydrogens (tertiary/aromatic N) is 5. The Kier molecular flexibility index (Phi) is 15.7. The molecule has 1 atom stereocenters. The van der Waals surface area contributed by atoms with Gasteiger partial charge in [0.15, 0.2) is 54.6 Å². The normalized spacial score (nSPS) is 14.5. The zero-order valence-corrected chi connectivity index (χ0v) is 43.2. The maximum absolute atomic E-state index is 13.4. The van der Waals surface area contributed by atoms with Crippen molar-refractivity contribution in [1.29, 1.82) is 0 Å². The van der Waals surface area contributed by atoms with Crippen LogP contribution in [0.4, 0.5) is 0 Å². The summed E-state index contributed by atoms with van der Waals surface area (Å²) in [6, 6.07) is 7.41. The Bertz CT molecular complexity index is 2550. The van der Waals surface area contributed by atoms with Crippen molar-refractivity contribution in [3.63, 3.8) is 0 Å². The molecule has 0 bridgehead atoms. The number of halogens is 1. The monoisotopic (exact) mass is 1020 g/mol. The number of methoxy groups -OCH3 is 6. The van der Waals surface area contributed by atoms with Crippen molar-refractivity contribution in [2.24, 2.45) is 0 Å². The molecule has 1 fully saturated rings. The fourth-order valence-corrected chi connectivity index (χ4v) is 16.9. The minimum Gasteiger partial charge on any atom is -0.493 e. The SMILES string of the molecule is COc1cc(-c2cnc3[nH]cc(C(=O)C(C)(C)OC4CCCCO4)c3n2)cc(OC)c1OC.COc1cc(-c2cnc3c(n2)c(I)cn3[Si](C(C)C)(C(C)C)C(C)C)cc(OC)c1OC. The first-order chi connectivity index (χ1) is 31.0. The van der Waals surface area contributed by atoms with Gasteiger partial charge in [0.1, 0.15) is 16.6 Å². The summed E-state index contributed by atoms with van der Waals surface area (Å²) in [5.41, 5.74) is 6.87. The molecule has 2 aromatic carbocycles. The van der Waals surface area contributed by atoms with E-state index in [1.165, 1.54) is 0 Å². The maximum Gasteiger partial charge on any atom is 0.203 e. The van der Waals surface area contributed by atoms with Crippen molar-refractivity contribution in [1.82, 2.24) is 29.2 Å². The lowest BCUT2D eigenvalue weighted by atomic mass is 9.97. The highest BCUT2D eigenvalue weighted by atomic mass is 127. The van der Waals surface area contributed by atoms with Crippen molar-refractivity contribution < 1.29 is 42.7 Å². The molecule has 0 aliphatic carbocycles. The second-order valence-corrected chi connectivity index (χ2v) is 24.2. The van der Waals surface area contributed by atoms with Crippen molar-refractivity contribution in [2.75, 3.05) is 49.3 Å². The number of nitrogens with one attached hydrogen (secondary N) is 1. The van der Waals surface area contributed by atoms with Crippen LogP contribution in [0.25, 0.3) is 44.8 Å². The summed E-state index contributed by atoms with van der Waals surface area (Å²) in [5.74, 6) is 3.06. The van der Waals surface area contributed by atoms with Crippen LogP contribution in [0.3, 0.4) is 0 Å². The van der Waals surface area contributed by atoms with Crippen LogP contribution in [0.5, 0.6) is 34.5 Å². The number of hydrogen-bond acceptors (Lipinski definition) is 13. The number of Topliss-reactive ketones (excluding diaryl/α,β-unsaturated/α-hetero) is 1. The zero-order valence-electron chi connectivity index (χ0n) is 40.0. The Morgan fingerprint density at radius 3 is 1.69 bits per heavy atom. The summed E-state index contributed by atoms with van der Waals surface area (Å²) < 4.78 is 48.1. The largest absolute Gasteiger partial charge is 0.493 e. The lowest BCUT2D eigenvalue weighted by Crippen LogP contribution is -2.51. The third-order valence-corrected chi connectivity index (χ3v) is 19.8. The highest BCUT2D eigenvalue weighted by Gasteiger charge is 2.46. The minimum atomic E-state index is -1.93. The number of aromatic amines is 1. The van der Waals surface area contributed by atoms with E-state index in [1.807, 2.05) is 18.3 Å². The van der Waals surface area contributed by atoms with Crippen molar-refractivity contribution in [2.45, 2.75) is 103 Å². The molecule has 0 spiro atoms. The second kappa shape index (κ2) is 20.7. The summed E-state index contributed by atoms with van der Waals surface area (Å²) in [6.07, 6.45) is 9.80. The molecule has 15 nitrogen and oxygen atoms in total. The number of benzene rings is 2. The van der Waals surface area contributed by atoms with Gasteiger partial charge < -0.3 is 47.1 Å². The molecule has 4 aromatic heterocycles. The number of ether oxygens (including phenoxy) is 8. The van der Waals surface area contributed by atoms with Gasteiger partial charge in [-0.1, -0.05) is 41.5 Å². The third kappa shape index (κ3) is 9.65. The van der Waals surface area contributed by atoms with E-state index < -0.39 is 13.8 Å². The number of ketones is 1. The van der Waals surface area contributed by atoms with E-state index in [4.69, 9.17) is 52.8 Å². The molecule has 0 saturated carbocycles. The number of rotatable bonds is 16. The standard InChI is InChI=1S/C24H34IN3O3Si.C24H29N3O6/c1-14(2)32(15(3)4,16(5)6)28-13-18(25)22-24(28)26-12-19(27-22)17-10-20(29-7)23(31-9)21(11-17)30-8;1-24(2,33-19-8-6-7-9-32-19)22(28)15-12-25-23-20(15)27-16(13-26-23)14-10-17(29-3)21(31-5)18(11-14)30-4/h10-16H,1-9H3;10-13,19H,6-9H2,1-5H3,(H,25,26). The first-order valence-corrected chi connectivity index (χ1v) is 25.1. The Balaban J connectivity index is 0.000000216. The minimum absolute atomic E-state index is 0.195. The van der Waals surface area contributed by atoms with E-state index in [-0.39, 0.29) is 12.1 Å². The number of carbonyl (C=O) groups is 1. The van der Waals surface area contributed by atoms with E-state index in [2.05, 4.69) is 84.5 Å². The number of aromatic nitrogens is 6. The van der Waals surface area contributed by atoms with Gasteiger partial charge in [-0.3, -0.25) is 4.79 Å². The summed E-state index contributed by atoms with van der Waals surface area (Å²) >= 11 is 2.39. The molecule has 1 aliphatic heterocycles. The fraction of sp³-hybridized carbons (Fsp3) is 0.479. The second-order valence-electron chi connectivity index (χ2n) is 17.4. The zero-order chi connectivity index (χ0) is 47.4. The van der Waals surface area contributed by atoms with Crippen LogP contribution in [0, 0.1) is 3.57 Å². The molecule has 7 rings (SSSR count). The summed E-state index contributed by atoms with van der Waals surface area (Å²) in [5, 5.41) is 0. The molecule has 1 saturated heterocycles. The average molecular weight is 1020 g/mol. The summed E-state index contributed by atoms with van der Waals surface area (Å²) in [7, 11) is 7.56. The van der Waals surface area contributed by atoms with Gasteiger partial charge in [-0.25, -0.2) is 19.9 Å².